The molecule has 0 unspecified atom stereocenters. The van der Waals surface area contributed by atoms with Gasteiger partial charge < -0.3 is 14.6 Å². The van der Waals surface area contributed by atoms with Crippen LogP contribution in [0.3, 0.4) is 0 Å². The van der Waals surface area contributed by atoms with E-state index >= 15 is 0 Å². The predicted molar refractivity (Wildman–Crippen MR) is 107 cm³/mol. The van der Waals surface area contributed by atoms with Gasteiger partial charge in [0.1, 0.15) is 11.6 Å². The molecule has 0 saturated carbocycles. The number of rotatable bonds is 5. The Balaban J connectivity index is 1.70. The number of benzene rings is 2. The summed E-state index contributed by atoms with van der Waals surface area (Å²) in [6.07, 6.45) is 2.45. The predicted octanol–water partition coefficient (Wildman–Crippen LogP) is 4.66. The number of nitrogens with zero attached hydrogens (tertiary/aromatic N) is 2. The molecule has 3 aromatic rings. The van der Waals surface area contributed by atoms with Crippen LogP contribution in [0.1, 0.15) is 30.3 Å². The second kappa shape index (κ2) is 7.84. The third-order valence-corrected chi connectivity index (χ3v) is 4.92. The molecule has 0 amide bonds. The molecule has 1 aromatic heterocycles. The lowest BCUT2D eigenvalue weighted by atomic mass is 10.1. The summed E-state index contributed by atoms with van der Waals surface area (Å²) in [5, 5.41) is 0. The second-order valence-electron chi connectivity index (χ2n) is 6.78. The summed E-state index contributed by atoms with van der Waals surface area (Å²) in [4.78, 5) is 22.5. The molecule has 6 heteroatoms. The Hall–Kier alpha value is -3.15. The van der Waals surface area contributed by atoms with Crippen molar-refractivity contribution in [1.82, 2.24) is 9.97 Å². The average molecular weight is 379 g/mol. The fraction of sp³-hybridized carbons (Fsp3) is 0.273. The van der Waals surface area contributed by atoms with Crippen molar-refractivity contribution in [2.45, 2.75) is 19.8 Å². The highest BCUT2D eigenvalue weighted by Gasteiger charge is 2.21. The minimum atomic E-state index is -0.502. The van der Waals surface area contributed by atoms with Crippen molar-refractivity contribution in [2.24, 2.45) is 0 Å². The van der Waals surface area contributed by atoms with Crippen molar-refractivity contribution in [1.29, 1.82) is 0 Å². The van der Waals surface area contributed by atoms with Gasteiger partial charge in [-0.3, -0.25) is 0 Å². The van der Waals surface area contributed by atoms with Gasteiger partial charge in [0.2, 0.25) is 0 Å². The molecular weight excluding hydrogens is 357 g/mol. The van der Waals surface area contributed by atoms with Gasteiger partial charge in [-0.05, 0) is 68.3 Å². The molecule has 1 aliphatic rings. The van der Waals surface area contributed by atoms with E-state index in [4.69, 9.17) is 4.74 Å². The van der Waals surface area contributed by atoms with E-state index in [1.54, 1.807) is 19.1 Å². The van der Waals surface area contributed by atoms with Crippen LogP contribution in [0.5, 0.6) is 0 Å². The first-order valence-corrected chi connectivity index (χ1v) is 9.54. The molecule has 1 saturated heterocycles. The molecule has 5 nitrogen and oxygen atoms in total. The molecule has 2 aromatic carbocycles. The van der Waals surface area contributed by atoms with Gasteiger partial charge in [0.15, 0.2) is 5.69 Å². The number of esters is 1. The first kappa shape index (κ1) is 18.2. The highest BCUT2D eigenvalue weighted by atomic mass is 19.1. The van der Waals surface area contributed by atoms with E-state index in [-0.39, 0.29) is 18.1 Å². The fourth-order valence-corrected chi connectivity index (χ4v) is 3.49. The largest absolute Gasteiger partial charge is 0.461 e. The summed E-state index contributed by atoms with van der Waals surface area (Å²) in [6, 6.07) is 14.1. The van der Waals surface area contributed by atoms with Gasteiger partial charge in [-0.15, -0.1) is 0 Å². The molecule has 1 fully saturated rings. The SMILES string of the molecule is CCOC(=O)c1nc(-c2ccc(N3CCCC3)cc2)[nH]c1-c1ccc(F)cc1. The molecule has 28 heavy (non-hydrogen) atoms. The Morgan fingerprint density at radius 2 is 1.71 bits per heavy atom. The zero-order chi connectivity index (χ0) is 19.5. The number of H-pyrrole nitrogens is 1. The van der Waals surface area contributed by atoms with E-state index in [1.165, 1.54) is 30.7 Å². The molecule has 144 valence electrons. The van der Waals surface area contributed by atoms with Crippen molar-refractivity contribution in [3.05, 3.63) is 60.0 Å². The summed E-state index contributed by atoms with van der Waals surface area (Å²) in [5.41, 5.74) is 3.47. The van der Waals surface area contributed by atoms with Gasteiger partial charge >= 0.3 is 5.97 Å². The number of anilines is 1. The Bertz CT molecular complexity index is 958. The number of aromatic nitrogens is 2. The van der Waals surface area contributed by atoms with Gasteiger partial charge in [-0.25, -0.2) is 14.2 Å². The monoisotopic (exact) mass is 379 g/mol. The maximum Gasteiger partial charge on any atom is 0.359 e. The number of halogens is 1. The Morgan fingerprint density at radius 3 is 2.36 bits per heavy atom. The van der Waals surface area contributed by atoms with Crippen molar-refractivity contribution in [2.75, 3.05) is 24.6 Å². The molecule has 2 heterocycles. The lowest BCUT2D eigenvalue weighted by molar-refractivity contribution is 0.0521. The van der Waals surface area contributed by atoms with Crippen LogP contribution in [-0.2, 0) is 4.74 Å². The Kier molecular flexibility index (Phi) is 5.10. The van der Waals surface area contributed by atoms with Crippen LogP contribution in [0.25, 0.3) is 22.6 Å². The van der Waals surface area contributed by atoms with E-state index in [9.17, 15) is 9.18 Å². The number of aromatic amines is 1. The number of nitrogens with one attached hydrogen (secondary N) is 1. The van der Waals surface area contributed by atoms with Crippen molar-refractivity contribution >= 4 is 11.7 Å². The molecule has 1 N–H and O–H groups in total. The van der Waals surface area contributed by atoms with E-state index in [0.29, 0.717) is 17.1 Å². The third-order valence-electron chi connectivity index (χ3n) is 4.92. The summed E-state index contributed by atoms with van der Waals surface area (Å²) >= 11 is 0. The summed E-state index contributed by atoms with van der Waals surface area (Å²) in [5.74, 6) is -0.257. The molecule has 0 atom stereocenters. The number of ether oxygens (including phenoxy) is 1. The van der Waals surface area contributed by atoms with Crippen LogP contribution >= 0.6 is 0 Å². The summed E-state index contributed by atoms with van der Waals surface area (Å²) < 4.78 is 18.4. The molecule has 0 bridgehead atoms. The number of carbonyl (C=O) groups excluding carboxylic acids is 1. The normalized spacial score (nSPS) is 13.7. The number of hydrogen-bond donors (Lipinski definition) is 1. The van der Waals surface area contributed by atoms with E-state index in [0.717, 1.165) is 18.7 Å². The lowest BCUT2D eigenvalue weighted by Crippen LogP contribution is -2.17. The first-order valence-electron chi connectivity index (χ1n) is 9.54. The Labute approximate surface area is 163 Å². The molecule has 0 radical (unpaired) electrons. The number of hydrogen-bond acceptors (Lipinski definition) is 4. The van der Waals surface area contributed by atoms with Crippen LogP contribution in [0, 0.1) is 5.82 Å². The van der Waals surface area contributed by atoms with Gasteiger partial charge in [-0.1, -0.05) is 0 Å². The van der Waals surface area contributed by atoms with Gasteiger partial charge in [-0.2, -0.15) is 0 Å². The fourth-order valence-electron chi connectivity index (χ4n) is 3.49. The van der Waals surface area contributed by atoms with Gasteiger partial charge in [0.25, 0.3) is 0 Å². The molecule has 0 aliphatic carbocycles. The highest BCUT2D eigenvalue weighted by molar-refractivity contribution is 5.95. The van der Waals surface area contributed by atoms with E-state index in [1.807, 2.05) is 12.1 Å². The first-order chi connectivity index (χ1) is 13.7. The number of imidazole rings is 1. The Morgan fingerprint density at radius 1 is 1.07 bits per heavy atom. The maximum atomic E-state index is 13.3. The standard InChI is InChI=1S/C22H22FN3O2/c1-2-28-22(27)20-19(15-5-9-17(23)10-6-15)24-21(25-20)16-7-11-18(12-8-16)26-13-3-4-14-26/h5-12H,2-4,13-14H2,1H3,(H,24,25). The molecule has 1 aliphatic heterocycles. The smallest absolute Gasteiger partial charge is 0.359 e. The minimum Gasteiger partial charge on any atom is -0.461 e. The van der Waals surface area contributed by atoms with Crippen LogP contribution in [0.15, 0.2) is 48.5 Å². The summed E-state index contributed by atoms with van der Waals surface area (Å²) in [7, 11) is 0. The lowest BCUT2D eigenvalue weighted by Gasteiger charge is -2.17. The van der Waals surface area contributed by atoms with Gasteiger partial charge in [0, 0.05) is 29.9 Å². The van der Waals surface area contributed by atoms with Crippen LogP contribution in [0.4, 0.5) is 10.1 Å². The van der Waals surface area contributed by atoms with Crippen LogP contribution in [-0.4, -0.2) is 35.6 Å². The third kappa shape index (κ3) is 3.63. The quantitative estimate of drug-likeness (QED) is 0.655. The van der Waals surface area contributed by atoms with E-state index in [2.05, 4.69) is 27.0 Å². The van der Waals surface area contributed by atoms with Crippen molar-refractivity contribution in [3.63, 3.8) is 0 Å². The molecular formula is C22H22FN3O2. The summed E-state index contributed by atoms with van der Waals surface area (Å²) in [6.45, 7) is 4.18. The minimum absolute atomic E-state index is 0.201. The average Bonchev–Trinajstić information content (AvgIpc) is 3.39. The van der Waals surface area contributed by atoms with Crippen LogP contribution in [0.2, 0.25) is 0 Å². The zero-order valence-corrected chi connectivity index (χ0v) is 15.7. The van der Waals surface area contributed by atoms with E-state index < -0.39 is 5.97 Å². The molecule has 4 rings (SSSR count). The second-order valence-corrected chi connectivity index (χ2v) is 6.78. The van der Waals surface area contributed by atoms with Crippen molar-refractivity contribution in [3.8, 4) is 22.6 Å². The maximum absolute atomic E-state index is 13.3. The van der Waals surface area contributed by atoms with Crippen molar-refractivity contribution < 1.29 is 13.9 Å². The highest BCUT2D eigenvalue weighted by Crippen LogP contribution is 2.29. The van der Waals surface area contributed by atoms with Gasteiger partial charge in [0.05, 0.1) is 12.3 Å². The molecule has 0 spiro atoms. The van der Waals surface area contributed by atoms with Crippen LogP contribution < -0.4 is 4.90 Å². The zero-order valence-electron chi connectivity index (χ0n) is 15.7. The number of carbonyl (C=O) groups is 1. The topological polar surface area (TPSA) is 58.2 Å².